The quantitative estimate of drug-likeness (QED) is 0.266. The molecule has 0 aliphatic carbocycles. The first-order valence-electron chi connectivity index (χ1n) is 11.1. The van der Waals surface area contributed by atoms with Crippen molar-refractivity contribution in [1.29, 1.82) is 0 Å². The summed E-state index contributed by atoms with van der Waals surface area (Å²) in [4.78, 5) is 19.0. The lowest BCUT2D eigenvalue weighted by Gasteiger charge is -2.12. The molecule has 0 radical (unpaired) electrons. The van der Waals surface area contributed by atoms with Gasteiger partial charge in [-0.1, -0.05) is 50.2 Å². The van der Waals surface area contributed by atoms with Crippen LogP contribution >= 0.6 is 0 Å². The number of alkyl halides is 6. The zero-order valence-electron chi connectivity index (χ0n) is 19.8. The van der Waals surface area contributed by atoms with Crippen molar-refractivity contribution in [1.82, 2.24) is 9.97 Å². The third-order valence-corrected chi connectivity index (χ3v) is 5.18. The van der Waals surface area contributed by atoms with E-state index in [4.69, 9.17) is 5.11 Å². The highest BCUT2D eigenvalue weighted by Crippen LogP contribution is 2.35. The van der Waals surface area contributed by atoms with E-state index in [0.29, 0.717) is 11.6 Å². The lowest BCUT2D eigenvalue weighted by Crippen LogP contribution is -2.10. The second kappa shape index (κ2) is 11.0. The maximum atomic E-state index is 13.8. The summed E-state index contributed by atoms with van der Waals surface area (Å²) in [5.41, 5.74) is -2.34. The van der Waals surface area contributed by atoms with Gasteiger partial charge < -0.3 is 5.11 Å². The van der Waals surface area contributed by atoms with Crippen molar-refractivity contribution in [2.45, 2.75) is 26.2 Å². The Morgan fingerprint density at radius 2 is 1.29 bits per heavy atom. The molecule has 11 heteroatoms. The number of hydrogen-bond donors (Lipinski definition) is 1. The molecule has 198 valence electrons. The first-order chi connectivity index (χ1) is 17.8. The molecule has 4 aromatic rings. The summed E-state index contributed by atoms with van der Waals surface area (Å²) in [7, 11) is 0. The minimum absolute atomic E-state index is 0.0120. The highest BCUT2D eigenvalue weighted by Gasteiger charge is 2.34. The van der Waals surface area contributed by atoms with Gasteiger partial charge in [0, 0.05) is 11.1 Å². The number of carboxylic acid groups (broad SMARTS) is 1. The Balaban J connectivity index is 0.00000195. The van der Waals surface area contributed by atoms with Gasteiger partial charge in [-0.2, -0.15) is 26.3 Å². The molecule has 4 nitrogen and oxygen atoms in total. The van der Waals surface area contributed by atoms with Crippen molar-refractivity contribution in [3.63, 3.8) is 0 Å². The van der Waals surface area contributed by atoms with Crippen LogP contribution in [0.4, 0.5) is 30.7 Å². The van der Waals surface area contributed by atoms with Crippen LogP contribution in [0, 0.1) is 5.82 Å². The highest BCUT2D eigenvalue weighted by molar-refractivity contribution is 5.90. The van der Waals surface area contributed by atoms with Crippen LogP contribution in [0.5, 0.6) is 0 Å². The van der Waals surface area contributed by atoms with Gasteiger partial charge >= 0.3 is 18.3 Å². The minimum Gasteiger partial charge on any atom is -0.478 e. The standard InChI is InChI=1S/C25H13F7N2O2.C2H6/c26-19-9-6-15(11-18(19)23(35)36)14-2-1-3-16(10-14)22-33-20(12-21(34-22)25(30,31)32)13-4-7-17(8-5-13)24(27,28)29;1-2/h1-12H,(H,35,36);1-2H3. The van der Waals surface area contributed by atoms with E-state index >= 15 is 0 Å². The minimum atomic E-state index is -4.87. The molecule has 0 unspecified atom stereocenters. The van der Waals surface area contributed by atoms with Crippen molar-refractivity contribution in [2.75, 3.05) is 0 Å². The maximum absolute atomic E-state index is 13.8. The van der Waals surface area contributed by atoms with E-state index in [1.807, 2.05) is 13.8 Å². The summed E-state index contributed by atoms with van der Waals surface area (Å²) in [5, 5.41) is 9.15. The molecule has 38 heavy (non-hydrogen) atoms. The number of halogens is 7. The number of aromatic nitrogens is 2. The molecule has 0 aliphatic heterocycles. The van der Waals surface area contributed by atoms with Gasteiger partial charge in [0.05, 0.1) is 16.8 Å². The SMILES string of the molecule is CC.O=C(O)c1cc(-c2cccc(-c3nc(-c4ccc(C(F)(F)F)cc4)cc(C(F)(F)F)n3)c2)ccc1F. The predicted molar refractivity (Wildman–Crippen MR) is 127 cm³/mol. The number of carboxylic acids is 1. The summed E-state index contributed by atoms with van der Waals surface area (Å²) in [6.45, 7) is 4.00. The largest absolute Gasteiger partial charge is 0.478 e. The molecule has 0 bridgehead atoms. The van der Waals surface area contributed by atoms with Gasteiger partial charge in [0.1, 0.15) is 11.5 Å². The van der Waals surface area contributed by atoms with E-state index < -0.39 is 41.0 Å². The first-order valence-corrected chi connectivity index (χ1v) is 11.1. The molecule has 1 aromatic heterocycles. The Hall–Kier alpha value is -4.28. The smallest absolute Gasteiger partial charge is 0.433 e. The highest BCUT2D eigenvalue weighted by atomic mass is 19.4. The number of benzene rings is 3. The number of nitrogens with zero attached hydrogens (tertiary/aromatic N) is 2. The second-order valence-corrected chi connectivity index (χ2v) is 7.62. The summed E-state index contributed by atoms with van der Waals surface area (Å²) in [6, 6.07) is 13.3. The molecule has 3 aromatic carbocycles. The van der Waals surface area contributed by atoms with Crippen molar-refractivity contribution < 1.29 is 40.6 Å². The van der Waals surface area contributed by atoms with E-state index in [1.165, 1.54) is 30.3 Å². The third-order valence-electron chi connectivity index (χ3n) is 5.18. The van der Waals surface area contributed by atoms with Gasteiger partial charge in [-0.25, -0.2) is 19.2 Å². The Labute approximate surface area is 212 Å². The Morgan fingerprint density at radius 1 is 0.711 bits per heavy atom. The molecule has 0 spiro atoms. The van der Waals surface area contributed by atoms with Gasteiger partial charge in [0.15, 0.2) is 5.82 Å². The van der Waals surface area contributed by atoms with E-state index in [9.17, 15) is 35.5 Å². The monoisotopic (exact) mass is 536 g/mol. The molecule has 0 saturated heterocycles. The zero-order valence-corrected chi connectivity index (χ0v) is 19.8. The van der Waals surface area contributed by atoms with Crippen molar-refractivity contribution in [3.8, 4) is 33.8 Å². The van der Waals surface area contributed by atoms with Gasteiger partial charge in [0.2, 0.25) is 0 Å². The molecule has 1 N–H and O–H groups in total. The average molecular weight is 536 g/mol. The van der Waals surface area contributed by atoms with Crippen LogP contribution in [0.1, 0.15) is 35.5 Å². The molecule has 1 heterocycles. The molecule has 0 atom stereocenters. The fraction of sp³-hybridized carbons (Fsp3) is 0.148. The fourth-order valence-corrected chi connectivity index (χ4v) is 3.41. The summed E-state index contributed by atoms with van der Waals surface area (Å²) in [5.74, 6) is -2.81. The molecule has 0 fully saturated rings. The van der Waals surface area contributed by atoms with E-state index in [0.717, 1.165) is 36.4 Å². The van der Waals surface area contributed by atoms with E-state index in [1.54, 1.807) is 0 Å². The first kappa shape index (κ1) is 28.3. The normalized spacial score (nSPS) is 11.5. The number of carbonyl (C=O) groups is 1. The summed E-state index contributed by atoms with van der Waals surface area (Å²) < 4.78 is 93.1. The maximum Gasteiger partial charge on any atom is 0.433 e. The van der Waals surface area contributed by atoms with Crippen molar-refractivity contribution in [3.05, 3.63) is 95.4 Å². The molecule has 0 aliphatic rings. The third kappa shape index (κ3) is 6.34. The van der Waals surface area contributed by atoms with Gasteiger partial charge in [-0.3, -0.25) is 0 Å². The van der Waals surface area contributed by atoms with Crippen LogP contribution in [0.25, 0.3) is 33.8 Å². The van der Waals surface area contributed by atoms with Gasteiger partial charge in [0.25, 0.3) is 0 Å². The predicted octanol–water partition coefficient (Wildman–Crippen LogP) is 8.38. The van der Waals surface area contributed by atoms with Crippen molar-refractivity contribution in [2.24, 2.45) is 0 Å². The molecular formula is C27H19F7N2O2. The van der Waals surface area contributed by atoms with Gasteiger partial charge in [-0.15, -0.1) is 0 Å². The van der Waals surface area contributed by atoms with Crippen LogP contribution in [0.2, 0.25) is 0 Å². The summed E-state index contributed by atoms with van der Waals surface area (Å²) >= 11 is 0. The van der Waals surface area contributed by atoms with Crippen LogP contribution in [-0.2, 0) is 12.4 Å². The van der Waals surface area contributed by atoms with Crippen LogP contribution in [0.15, 0.2) is 72.8 Å². The lowest BCUT2D eigenvalue weighted by atomic mass is 10.00. The number of rotatable bonds is 4. The lowest BCUT2D eigenvalue weighted by molar-refractivity contribution is -0.141. The molecular weight excluding hydrogens is 517 g/mol. The van der Waals surface area contributed by atoms with E-state index in [2.05, 4.69) is 9.97 Å². The second-order valence-electron chi connectivity index (χ2n) is 7.62. The Morgan fingerprint density at radius 3 is 1.87 bits per heavy atom. The Bertz CT molecular complexity index is 1450. The fourth-order valence-electron chi connectivity index (χ4n) is 3.41. The molecule has 0 amide bonds. The van der Waals surface area contributed by atoms with Crippen LogP contribution < -0.4 is 0 Å². The topological polar surface area (TPSA) is 63.1 Å². The van der Waals surface area contributed by atoms with E-state index in [-0.39, 0.29) is 28.2 Å². The van der Waals surface area contributed by atoms with Crippen LogP contribution in [-0.4, -0.2) is 21.0 Å². The number of hydrogen-bond acceptors (Lipinski definition) is 3. The van der Waals surface area contributed by atoms with Crippen LogP contribution in [0.3, 0.4) is 0 Å². The average Bonchev–Trinajstić information content (AvgIpc) is 2.89. The summed E-state index contributed by atoms with van der Waals surface area (Å²) in [6.07, 6.45) is -9.49. The number of aromatic carboxylic acids is 1. The Kier molecular flexibility index (Phi) is 8.19. The van der Waals surface area contributed by atoms with Gasteiger partial charge in [-0.05, 0) is 47.5 Å². The molecule has 4 rings (SSSR count). The van der Waals surface area contributed by atoms with Crippen molar-refractivity contribution >= 4 is 5.97 Å². The molecule has 0 saturated carbocycles. The zero-order chi connectivity index (χ0) is 28.3.